The van der Waals surface area contributed by atoms with Crippen molar-refractivity contribution in [2.45, 2.75) is 17.7 Å². The van der Waals surface area contributed by atoms with E-state index < -0.39 is 0 Å². The van der Waals surface area contributed by atoms with Gasteiger partial charge in [-0.3, -0.25) is 4.98 Å². The van der Waals surface area contributed by atoms with E-state index in [0.29, 0.717) is 11.7 Å². The molecular weight excluding hydrogens is 358 g/mol. The summed E-state index contributed by atoms with van der Waals surface area (Å²) in [6.45, 7) is 1.89. The van der Waals surface area contributed by atoms with Crippen molar-refractivity contribution in [1.29, 1.82) is 0 Å². The molecule has 0 radical (unpaired) electrons. The van der Waals surface area contributed by atoms with Gasteiger partial charge in [0, 0.05) is 23.8 Å². The highest BCUT2D eigenvalue weighted by Gasteiger charge is 2.17. The predicted octanol–water partition coefficient (Wildman–Crippen LogP) is 4.87. The third kappa shape index (κ3) is 4.15. The normalized spacial score (nSPS) is 10.7. The van der Waals surface area contributed by atoms with Gasteiger partial charge in [0.2, 0.25) is 5.95 Å². The van der Waals surface area contributed by atoms with Gasteiger partial charge in [-0.1, -0.05) is 41.2 Å². The van der Waals surface area contributed by atoms with E-state index in [1.54, 1.807) is 24.2 Å². The van der Waals surface area contributed by atoms with Crippen LogP contribution in [-0.2, 0) is 5.75 Å². The first-order valence-corrected chi connectivity index (χ1v) is 9.42. The minimum atomic E-state index is 0.528. The number of nitrogens with zero attached hydrogens (tertiary/aromatic N) is 4. The summed E-state index contributed by atoms with van der Waals surface area (Å²) in [5.41, 5.74) is 3.57. The molecule has 0 saturated carbocycles. The Morgan fingerprint density at radius 3 is 2.63 bits per heavy atom. The molecule has 3 heterocycles. The van der Waals surface area contributed by atoms with E-state index in [1.165, 1.54) is 0 Å². The van der Waals surface area contributed by atoms with E-state index in [4.69, 9.17) is 4.52 Å². The van der Waals surface area contributed by atoms with Gasteiger partial charge in [-0.05, 0) is 37.3 Å². The summed E-state index contributed by atoms with van der Waals surface area (Å²) in [6.07, 6.45) is 3.52. The van der Waals surface area contributed by atoms with E-state index in [2.05, 4.69) is 25.4 Å². The van der Waals surface area contributed by atoms with Gasteiger partial charge in [-0.15, -0.1) is 0 Å². The number of aryl methyl sites for hydroxylation is 1. The number of hydrogen-bond acceptors (Lipinski definition) is 7. The summed E-state index contributed by atoms with van der Waals surface area (Å²) in [6, 6.07) is 17.6. The summed E-state index contributed by atoms with van der Waals surface area (Å²) >= 11 is 1.58. The smallest absolute Gasteiger partial charge is 0.227 e. The quantitative estimate of drug-likeness (QED) is 0.482. The maximum Gasteiger partial charge on any atom is 0.227 e. The van der Waals surface area contributed by atoms with Crippen molar-refractivity contribution >= 4 is 23.4 Å². The molecular formula is C20H17N5OS. The van der Waals surface area contributed by atoms with Crippen molar-refractivity contribution in [2.24, 2.45) is 0 Å². The Hall–Kier alpha value is -3.19. The zero-order valence-electron chi connectivity index (χ0n) is 14.7. The molecule has 0 atom stereocenters. The molecule has 0 aliphatic heterocycles. The van der Waals surface area contributed by atoms with Crippen LogP contribution < -0.4 is 5.32 Å². The summed E-state index contributed by atoms with van der Waals surface area (Å²) in [5.74, 6) is 1.96. The molecule has 3 aromatic heterocycles. The summed E-state index contributed by atoms with van der Waals surface area (Å²) in [4.78, 5) is 13.3. The van der Waals surface area contributed by atoms with Gasteiger partial charge < -0.3 is 9.84 Å². The van der Waals surface area contributed by atoms with Gasteiger partial charge in [0.25, 0.3) is 0 Å². The van der Waals surface area contributed by atoms with Crippen LogP contribution in [0.25, 0.3) is 11.3 Å². The van der Waals surface area contributed by atoms with Crippen molar-refractivity contribution in [3.05, 3.63) is 78.4 Å². The lowest BCUT2D eigenvalue weighted by atomic mass is 10.2. The molecule has 7 heteroatoms. The fourth-order valence-electron chi connectivity index (χ4n) is 2.57. The van der Waals surface area contributed by atoms with E-state index in [0.717, 1.165) is 33.4 Å². The van der Waals surface area contributed by atoms with Gasteiger partial charge in [0.15, 0.2) is 0 Å². The molecule has 0 unspecified atom stereocenters. The summed E-state index contributed by atoms with van der Waals surface area (Å²) < 4.78 is 5.42. The number of benzene rings is 1. The Bertz CT molecular complexity index is 1020. The van der Waals surface area contributed by atoms with Gasteiger partial charge in [-0.2, -0.15) is 0 Å². The zero-order valence-corrected chi connectivity index (χ0v) is 15.5. The zero-order chi connectivity index (χ0) is 18.5. The molecule has 1 aromatic carbocycles. The number of thioether (sulfide) groups is 1. The number of nitrogens with one attached hydrogen (secondary N) is 1. The summed E-state index contributed by atoms with van der Waals surface area (Å²) in [5, 5.41) is 8.21. The van der Waals surface area contributed by atoms with Gasteiger partial charge in [0.1, 0.15) is 10.8 Å². The fraction of sp³-hybridized carbons (Fsp3) is 0.100. The largest absolute Gasteiger partial charge is 0.360 e. The third-order valence-corrected chi connectivity index (χ3v) is 4.85. The average Bonchev–Trinajstić information content (AvgIpc) is 3.09. The molecule has 6 nitrogen and oxygen atoms in total. The van der Waals surface area contributed by atoms with Crippen LogP contribution in [-0.4, -0.2) is 20.1 Å². The van der Waals surface area contributed by atoms with Crippen LogP contribution in [0, 0.1) is 6.92 Å². The van der Waals surface area contributed by atoms with Crippen molar-refractivity contribution < 1.29 is 4.52 Å². The van der Waals surface area contributed by atoms with Gasteiger partial charge in [-0.25, -0.2) is 9.97 Å². The molecule has 0 aliphatic carbocycles. The standard InChI is InChI=1S/C20H17N5OS/c1-14-18(19(25-26-14)27-13-16-9-5-6-11-21-16)17-10-12-22-20(24-17)23-15-7-3-2-4-8-15/h2-12H,13H2,1H3,(H,22,23,24). The minimum absolute atomic E-state index is 0.528. The van der Waals surface area contributed by atoms with E-state index in [1.807, 2.05) is 61.5 Å². The van der Waals surface area contributed by atoms with E-state index >= 15 is 0 Å². The Morgan fingerprint density at radius 1 is 0.963 bits per heavy atom. The Balaban J connectivity index is 1.58. The molecule has 0 saturated heterocycles. The van der Waals surface area contributed by atoms with E-state index in [9.17, 15) is 0 Å². The fourth-order valence-corrected chi connectivity index (χ4v) is 3.51. The molecule has 4 rings (SSSR count). The molecule has 0 bridgehead atoms. The number of pyridine rings is 1. The van der Waals surface area contributed by atoms with Gasteiger partial charge >= 0.3 is 0 Å². The molecule has 27 heavy (non-hydrogen) atoms. The first kappa shape index (κ1) is 17.2. The number of anilines is 2. The number of hydrogen-bond donors (Lipinski definition) is 1. The lowest BCUT2D eigenvalue weighted by Crippen LogP contribution is -1.98. The lowest BCUT2D eigenvalue weighted by molar-refractivity contribution is 0.384. The van der Waals surface area contributed by atoms with Crippen LogP contribution in [0.1, 0.15) is 11.5 Å². The van der Waals surface area contributed by atoms with Crippen molar-refractivity contribution in [1.82, 2.24) is 20.1 Å². The SMILES string of the molecule is Cc1onc(SCc2ccccn2)c1-c1ccnc(Nc2ccccc2)n1. The second-order valence-corrected chi connectivity index (χ2v) is 6.75. The highest BCUT2D eigenvalue weighted by molar-refractivity contribution is 7.98. The summed E-state index contributed by atoms with van der Waals surface area (Å²) in [7, 11) is 0. The minimum Gasteiger partial charge on any atom is -0.360 e. The van der Waals surface area contributed by atoms with Crippen LogP contribution in [0.15, 0.2) is 76.5 Å². The topological polar surface area (TPSA) is 76.7 Å². The number of rotatable bonds is 6. The van der Waals surface area contributed by atoms with Crippen LogP contribution >= 0.6 is 11.8 Å². The Kier molecular flexibility index (Phi) is 5.11. The second-order valence-electron chi connectivity index (χ2n) is 5.79. The van der Waals surface area contributed by atoms with E-state index in [-0.39, 0.29) is 0 Å². The van der Waals surface area contributed by atoms with Crippen molar-refractivity contribution in [3.8, 4) is 11.3 Å². The maximum absolute atomic E-state index is 5.42. The Labute approximate surface area is 161 Å². The molecule has 0 spiro atoms. The molecule has 0 amide bonds. The Morgan fingerprint density at radius 2 is 1.81 bits per heavy atom. The monoisotopic (exact) mass is 375 g/mol. The van der Waals surface area contributed by atoms with Crippen LogP contribution in [0.4, 0.5) is 11.6 Å². The maximum atomic E-state index is 5.42. The predicted molar refractivity (Wildman–Crippen MR) is 106 cm³/mol. The first-order valence-electron chi connectivity index (χ1n) is 8.44. The van der Waals surface area contributed by atoms with Crippen molar-refractivity contribution in [3.63, 3.8) is 0 Å². The number of para-hydroxylation sites is 1. The first-order chi connectivity index (χ1) is 13.3. The average molecular weight is 375 g/mol. The lowest BCUT2D eigenvalue weighted by Gasteiger charge is -2.07. The van der Waals surface area contributed by atoms with Gasteiger partial charge in [0.05, 0.1) is 17.0 Å². The molecule has 0 fully saturated rings. The van der Waals surface area contributed by atoms with Crippen LogP contribution in [0.5, 0.6) is 0 Å². The second kappa shape index (κ2) is 8.01. The van der Waals surface area contributed by atoms with Crippen molar-refractivity contribution in [2.75, 3.05) is 5.32 Å². The number of aromatic nitrogens is 4. The third-order valence-electron chi connectivity index (χ3n) is 3.86. The molecule has 0 aliphatic rings. The van der Waals surface area contributed by atoms with Crippen LogP contribution in [0.2, 0.25) is 0 Å². The molecule has 134 valence electrons. The van der Waals surface area contributed by atoms with Crippen LogP contribution in [0.3, 0.4) is 0 Å². The highest BCUT2D eigenvalue weighted by Crippen LogP contribution is 2.34. The molecule has 4 aromatic rings. The highest BCUT2D eigenvalue weighted by atomic mass is 32.2. The molecule has 1 N–H and O–H groups in total.